The minimum Gasteiger partial charge on any atom is -0.220 e. The van der Waals surface area contributed by atoms with Gasteiger partial charge in [-0.1, -0.05) is 60.5 Å². The first-order valence-electron chi connectivity index (χ1n) is 7.04. The minimum atomic E-state index is 0.755. The molecule has 0 amide bonds. The van der Waals surface area contributed by atoms with Crippen molar-refractivity contribution in [1.29, 1.82) is 0 Å². The summed E-state index contributed by atoms with van der Waals surface area (Å²) in [4.78, 5) is 0. The lowest BCUT2D eigenvalue weighted by atomic mass is 10.1. The first-order chi connectivity index (χ1) is 10.3. The maximum absolute atomic E-state index is 6.10. The fourth-order valence-electron chi connectivity index (χ4n) is 2.37. The molecule has 1 heterocycles. The second kappa shape index (κ2) is 6.10. The number of halogens is 1. The van der Waals surface area contributed by atoms with Crippen molar-refractivity contribution in [2.45, 2.75) is 19.8 Å². The van der Waals surface area contributed by atoms with E-state index in [1.165, 1.54) is 5.56 Å². The molecule has 106 valence electrons. The summed E-state index contributed by atoms with van der Waals surface area (Å²) in [7, 11) is 0. The summed E-state index contributed by atoms with van der Waals surface area (Å²) >= 11 is 6.10. The monoisotopic (exact) mass is 297 g/mol. The summed E-state index contributed by atoms with van der Waals surface area (Å²) in [5.74, 6) is 0. The highest BCUT2D eigenvalue weighted by Gasteiger charge is 2.09. The van der Waals surface area contributed by atoms with Crippen molar-refractivity contribution >= 4 is 11.6 Å². The van der Waals surface area contributed by atoms with Crippen LogP contribution in [0.2, 0.25) is 5.02 Å². The number of benzene rings is 2. The third kappa shape index (κ3) is 2.98. The van der Waals surface area contributed by atoms with E-state index >= 15 is 0 Å². The van der Waals surface area contributed by atoms with Gasteiger partial charge in [-0.05, 0) is 30.2 Å². The van der Waals surface area contributed by atoms with Crippen LogP contribution >= 0.6 is 11.6 Å². The Hall–Kier alpha value is -2.13. The predicted molar refractivity (Wildman–Crippen MR) is 85.8 cm³/mol. The summed E-state index contributed by atoms with van der Waals surface area (Å²) in [6.45, 7) is 2.15. The molecule has 0 atom stereocenters. The van der Waals surface area contributed by atoms with Crippen LogP contribution in [0.25, 0.3) is 16.9 Å². The second-order valence-electron chi connectivity index (χ2n) is 4.94. The molecular formula is C17H16ClN3. The zero-order valence-corrected chi connectivity index (χ0v) is 12.6. The zero-order valence-electron chi connectivity index (χ0n) is 11.8. The summed E-state index contributed by atoms with van der Waals surface area (Å²) in [5, 5.41) is 9.28. The molecule has 1 aromatic heterocycles. The van der Waals surface area contributed by atoms with Crippen molar-refractivity contribution in [3.8, 4) is 16.9 Å². The fraction of sp³-hybridized carbons (Fsp3) is 0.176. The quantitative estimate of drug-likeness (QED) is 0.708. The van der Waals surface area contributed by atoms with Gasteiger partial charge in [-0.2, -0.15) is 0 Å². The van der Waals surface area contributed by atoms with E-state index in [-0.39, 0.29) is 0 Å². The lowest BCUT2D eigenvalue weighted by Crippen LogP contribution is -2.00. The van der Waals surface area contributed by atoms with E-state index < -0.39 is 0 Å². The molecule has 0 spiro atoms. The molecule has 0 aliphatic carbocycles. The van der Waals surface area contributed by atoms with Crippen LogP contribution in [-0.2, 0) is 6.42 Å². The summed E-state index contributed by atoms with van der Waals surface area (Å²) in [5.41, 5.74) is 4.16. The summed E-state index contributed by atoms with van der Waals surface area (Å²) in [6, 6.07) is 15.9. The van der Waals surface area contributed by atoms with Crippen LogP contribution in [-0.4, -0.2) is 15.0 Å². The van der Waals surface area contributed by atoms with Crippen LogP contribution in [0.5, 0.6) is 0 Å². The SMILES string of the molecule is CCCc1cc(Cl)ccc1-n1cc(-c2ccccc2)nn1. The van der Waals surface area contributed by atoms with E-state index in [4.69, 9.17) is 11.6 Å². The van der Waals surface area contributed by atoms with Gasteiger partial charge >= 0.3 is 0 Å². The van der Waals surface area contributed by atoms with Gasteiger partial charge in [0.2, 0.25) is 0 Å². The van der Waals surface area contributed by atoms with Crippen LogP contribution in [0.15, 0.2) is 54.7 Å². The first-order valence-corrected chi connectivity index (χ1v) is 7.42. The number of rotatable bonds is 4. The Balaban J connectivity index is 2.00. The largest absolute Gasteiger partial charge is 0.220 e. The lowest BCUT2D eigenvalue weighted by molar-refractivity contribution is 0.785. The topological polar surface area (TPSA) is 30.7 Å². The zero-order chi connectivity index (χ0) is 14.7. The van der Waals surface area contributed by atoms with Gasteiger partial charge < -0.3 is 0 Å². The molecule has 4 heteroatoms. The number of hydrogen-bond acceptors (Lipinski definition) is 2. The van der Waals surface area contributed by atoms with Crippen molar-refractivity contribution < 1.29 is 0 Å². The van der Waals surface area contributed by atoms with E-state index in [2.05, 4.69) is 17.2 Å². The smallest absolute Gasteiger partial charge is 0.113 e. The van der Waals surface area contributed by atoms with Crippen LogP contribution in [0.4, 0.5) is 0 Å². The van der Waals surface area contributed by atoms with Crippen LogP contribution in [0.3, 0.4) is 0 Å². The third-order valence-corrected chi connectivity index (χ3v) is 3.61. The lowest BCUT2D eigenvalue weighted by Gasteiger charge is -2.08. The number of aryl methyl sites for hydroxylation is 1. The van der Waals surface area contributed by atoms with E-state index in [1.807, 2.05) is 59.4 Å². The Labute approximate surface area is 129 Å². The molecule has 21 heavy (non-hydrogen) atoms. The summed E-state index contributed by atoms with van der Waals surface area (Å²) < 4.78 is 1.82. The van der Waals surface area contributed by atoms with Gasteiger partial charge in [0.05, 0.1) is 11.9 Å². The molecule has 0 radical (unpaired) electrons. The molecule has 0 saturated carbocycles. The molecular weight excluding hydrogens is 282 g/mol. The Morgan fingerprint density at radius 1 is 1.10 bits per heavy atom. The van der Waals surface area contributed by atoms with Crippen LogP contribution < -0.4 is 0 Å². The van der Waals surface area contributed by atoms with Gasteiger partial charge in [-0.3, -0.25) is 0 Å². The highest BCUT2D eigenvalue weighted by molar-refractivity contribution is 6.30. The predicted octanol–water partition coefficient (Wildman–Crippen LogP) is 4.54. The van der Waals surface area contributed by atoms with E-state index in [0.717, 1.165) is 34.8 Å². The van der Waals surface area contributed by atoms with Gasteiger partial charge in [0.25, 0.3) is 0 Å². The maximum atomic E-state index is 6.10. The fourth-order valence-corrected chi connectivity index (χ4v) is 2.56. The number of hydrogen-bond donors (Lipinski definition) is 0. The van der Waals surface area contributed by atoms with Crippen molar-refractivity contribution in [2.75, 3.05) is 0 Å². The highest BCUT2D eigenvalue weighted by atomic mass is 35.5. The average molecular weight is 298 g/mol. The normalized spacial score (nSPS) is 10.8. The van der Waals surface area contributed by atoms with Crippen molar-refractivity contribution in [1.82, 2.24) is 15.0 Å². The Bertz CT molecular complexity index is 735. The molecule has 2 aromatic carbocycles. The van der Waals surface area contributed by atoms with Crippen molar-refractivity contribution in [2.24, 2.45) is 0 Å². The molecule has 0 aliphatic heterocycles. The van der Waals surface area contributed by atoms with Crippen molar-refractivity contribution in [3.63, 3.8) is 0 Å². The van der Waals surface area contributed by atoms with Gasteiger partial charge in [-0.15, -0.1) is 5.10 Å². The standard InChI is InChI=1S/C17H16ClN3/c1-2-6-14-11-15(18)9-10-17(14)21-12-16(19-20-21)13-7-4-3-5-8-13/h3-5,7-12H,2,6H2,1H3. The number of aromatic nitrogens is 3. The molecule has 3 nitrogen and oxygen atoms in total. The minimum absolute atomic E-state index is 0.755. The van der Waals surface area contributed by atoms with Crippen LogP contribution in [0, 0.1) is 0 Å². The molecule has 0 fully saturated rings. The molecule has 0 bridgehead atoms. The second-order valence-corrected chi connectivity index (χ2v) is 5.37. The van der Waals surface area contributed by atoms with E-state index in [1.54, 1.807) is 0 Å². The Kier molecular flexibility index (Phi) is 4.02. The van der Waals surface area contributed by atoms with Gasteiger partial charge in [-0.25, -0.2) is 4.68 Å². The van der Waals surface area contributed by atoms with Gasteiger partial charge in [0, 0.05) is 10.6 Å². The molecule has 0 aliphatic rings. The summed E-state index contributed by atoms with van der Waals surface area (Å²) in [6.07, 6.45) is 3.99. The van der Waals surface area contributed by atoms with Crippen molar-refractivity contribution in [3.05, 3.63) is 65.3 Å². The third-order valence-electron chi connectivity index (χ3n) is 3.37. The average Bonchev–Trinajstić information content (AvgIpc) is 2.98. The van der Waals surface area contributed by atoms with Crippen LogP contribution in [0.1, 0.15) is 18.9 Å². The molecule has 0 saturated heterocycles. The molecule has 3 aromatic rings. The van der Waals surface area contributed by atoms with E-state index in [9.17, 15) is 0 Å². The molecule has 3 rings (SSSR count). The molecule has 0 unspecified atom stereocenters. The van der Waals surface area contributed by atoms with Gasteiger partial charge in [0.1, 0.15) is 5.69 Å². The highest BCUT2D eigenvalue weighted by Crippen LogP contribution is 2.23. The number of nitrogens with zero attached hydrogens (tertiary/aromatic N) is 3. The molecule has 0 N–H and O–H groups in total. The Morgan fingerprint density at radius 3 is 2.67 bits per heavy atom. The first kappa shape index (κ1) is 13.8. The maximum Gasteiger partial charge on any atom is 0.113 e. The Morgan fingerprint density at radius 2 is 1.90 bits per heavy atom. The van der Waals surface area contributed by atoms with E-state index in [0.29, 0.717) is 0 Å². The van der Waals surface area contributed by atoms with Gasteiger partial charge in [0.15, 0.2) is 0 Å².